The maximum Gasteiger partial charge on any atom is 0.104 e. The summed E-state index contributed by atoms with van der Waals surface area (Å²) in [4.78, 5) is 0. The van der Waals surface area contributed by atoms with Crippen molar-refractivity contribution in [3.05, 3.63) is 23.7 Å². The van der Waals surface area contributed by atoms with Crippen LogP contribution in [0.3, 0.4) is 0 Å². The molecule has 0 saturated heterocycles. The van der Waals surface area contributed by atoms with Crippen LogP contribution in [0.25, 0.3) is 0 Å². The number of rotatable bonds is 4. The van der Waals surface area contributed by atoms with Crippen molar-refractivity contribution >= 4 is 0 Å². The smallest absolute Gasteiger partial charge is 0.104 e. The van der Waals surface area contributed by atoms with E-state index in [2.05, 4.69) is 13.8 Å². The Morgan fingerprint density at radius 1 is 1.50 bits per heavy atom. The fourth-order valence-electron chi connectivity index (χ4n) is 1.10. The molecule has 0 bridgehead atoms. The van der Waals surface area contributed by atoms with E-state index in [1.807, 2.05) is 6.07 Å². The van der Waals surface area contributed by atoms with Gasteiger partial charge in [-0.3, -0.25) is 0 Å². The summed E-state index contributed by atoms with van der Waals surface area (Å²) in [5.41, 5.74) is 6.55. The molecule has 0 saturated carbocycles. The topological polar surface area (TPSA) is 39.2 Å². The van der Waals surface area contributed by atoms with E-state index in [9.17, 15) is 0 Å². The first-order valence-electron chi connectivity index (χ1n) is 4.48. The zero-order chi connectivity index (χ0) is 8.97. The van der Waals surface area contributed by atoms with Crippen LogP contribution < -0.4 is 5.73 Å². The van der Waals surface area contributed by atoms with Crippen LogP contribution in [0.4, 0.5) is 0 Å². The molecular weight excluding hydrogens is 150 g/mol. The Morgan fingerprint density at radius 2 is 2.25 bits per heavy atom. The van der Waals surface area contributed by atoms with Crippen molar-refractivity contribution < 1.29 is 4.42 Å². The second-order valence-corrected chi connectivity index (χ2v) is 3.56. The van der Waals surface area contributed by atoms with Gasteiger partial charge in [0.1, 0.15) is 5.76 Å². The van der Waals surface area contributed by atoms with Crippen LogP contribution in [-0.4, -0.2) is 0 Å². The molecule has 12 heavy (non-hydrogen) atoms. The molecule has 68 valence electrons. The zero-order valence-electron chi connectivity index (χ0n) is 7.84. The van der Waals surface area contributed by atoms with E-state index in [1.54, 1.807) is 6.26 Å². The van der Waals surface area contributed by atoms with Gasteiger partial charge in [-0.15, -0.1) is 0 Å². The maximum absolute atomic E-state index is 5.46. The van der Waals surface area contributed by atoms with Crippen LogP contribution in [0.15, 0.2) is 16.7 Å². The van der Waals surface area contributed by atoms with Crippen molar-refractivity contribution in [1.29, 1.82) is 0 Å². The molecule has 0 fully saturated rings. The average Bonchev–Trinajstić information content (AvgIpc) is 2.48. The number of aryl methyl sites for hydroxylation is 1. The fourth-order valence-corrected chi connectivity index (χ4v) is 1.10. The standard InChI is InChI=1S/C10H17NO/c1-8(2)3-4-10-5-9(6-11)7-12-10/h5,7-8H,3-4,6,11H2,1-2H3. The van der Waals surface area contributed by atoms with Crippen molar-refractivity contribution in [1.82, 2.24) is 0 Å². The summed E-state index contributed by atoms with van der Waals surface area (Å²) in [7, 11) is 0. The van der Waals surface area contributed by atoms with Gasteiger partial charge in [0.05, 0.1) is 6.26 Å². The highest BCUT2D eigenvalue weighted by Gasteiger charge is 2.01. The Morgan fingerprint density at radius 3 is 2.75 bits per heavy atom. The monoisotopic (exact) mass is 167 g/mol. The van der Waals surface area contributed by atoms with E-state index in [1.165, 1.54) is 6.42 Å². The predicted octanol–water partition coefficient (Wildman–Crippen LogP) is 2.33. The van der Waals surface area contributed by atoms with Crippen molar-refractivity contribution in [2.45, 2.75) is 33.2 Å². The molecule has 0 unspecified atom stereocenters. The zero-order valence-corrected chi connectivity index (χ0v) is 7.84. The minimum absolute atomic E-state index is 0.575. The third-order valence-electron chi connectivity index (χ3n) is 1.91. The van der Waals surface area contributed by atoms with E-state index in [0.717, 1.165) is 23.7 Å². The Labute approximate surface area is 73.8 Å². The second kappa shape index (κ2) is 4.31. The van der Waals surface area contributed by atoms with Gasteiger partial charge in [-0.1, -0.05) is 13.8 Å². The number of nitrogens with two attached hydrogens (primary N) is 1. The van der Waals surface area contributed by atoms with Crippen molar-refractivity contribution in [2.75, 3.05) is 0 Å². The lowest BCUT2D eigenvalue weighted by atomic mass is 10.1. The lowest BCUT2D eigenvalue weighted by molar-refractivity contribution is 0.474. The Bertz CT molecular complexity index is 227. The minimum atomic E-state index is 0.575. The molecule has 0 aromatic carbocycles. The highest BCUT2D eigenvalue weighted by molar-refractivity contribution is 5.12. The molecule has 0 aliphatic heterocycles. The average molecular weight is 167 g/mol. The SMILES string of the molecule is CC(C)CCc1cc(CN)co1. The van der Waals surface area contributed by atoms with Crippen molar-refractivity contribution in [2.24, 2.45) is 11.7 Å². The molecule has 0 amide bonds. The minimum Gasteiger partial charge on any atom is -0.469 e. The lowest BCUT2D eigenvalue weighted by Crippen LogP contribution is -1.93. The van der Waals surface area contributed by atoms with Crippen molar-refractivity contribution in [3.63, 3.8) is 0 Å². The number of hydrogen-bond acceptors (Lipinski definition) is 2. The van der Waals surface area contributed by atoms with Gasteiger partial charge in [-0.2, -0.15) is 0 Å². The summed E-state index contributed by atoms with van der Waals surface area (Å²) in [5.74, 6) is 1.79. The lowest BCUT2D eigenvalue weighted by Gasteiger charge is -2.00. The van der Waals surface area contributed by atoms with Crippen LogP contribution in [0, 0.1) is 5.92 Å². The number of hydrogen-bond donors (Lipinski definition) is 1. The first kappa shape index (κ1) is 9.33. The fraction of sp³-hybridized carbons (Fsp3) is 0.600. The Balaban J connectivity index is 2.41. The third-order valence-corrected chi connectivity index (χ3v) is 1.91. The van der Waals surface area contributed by atoms with E-state index in [4.69, 9.17) is 10.2 Å². The Kier molecular flexibility index (Phi) is 3.35. The van der Waals surface area contributed by atoms with Crippen molar-refractivity contribution in [3.8, 4) is 0 Å². The van der Waals surface area contributed by atoms with Crippen LogP contribution >= 0.6 is 0 Å². The van der Waals surface area contributed by atoms with Gasteiger partial charge in [-0.05, 0) is 18.4 Å². The molecule has 0 atom stereocenters. The van der Waals surface area contributed by atoms with E-state index >= 15 is 0 Å². The first-order valence-corrected chi connectivity index (χ1v) is 4.48. The summed E-state index contributed by atoms with van der Waals surface area (Å²) in [6.45, 7) is 5.00. The van der Waals surface area contributed by atoms with E-state index in [0.29, 0.717) is 6.54 Å². The van der Waals surface area contributed by atoms with Crippen LogP contribution in [0.1, 0.15) is 31.6 Å². The van der Waals surface area contributed by atoms with Gasteiger partial charge in [0, 0.05) is 18.5 Å². The first-order chi connectivity index (χ1) is 5.72. The van der Waals surface area contributed by atoms with E-state index in [-0.39, 0.29) is 0 Å². The number of furan rings is 1. The molecule has 0 aliphatic carbocycles. The predicted molar refractivity (Wildman–Crippen MR) is 49.8 cm³/mol. The maximum atomic E-state index is 5.46. The summed E-state index contributed by atoms with van der Waals surface area (Å²) in [6.07, 6.45) is 3.95. The molecule has 2 heteroatoms. The molecule has 1 rings (SSSR count). The summed E-state index contributed by atoms with van der Waals surface area (Å²) in [5, 5.41) is 0. The normalized spacial score (nSPS) is 11.0. The summed E-state index contributed by atoms with van der Waals surface area (Å²) >= 11 is 0. The third kappa shape index (κ3) is 2.70. The molecule has 0 radical (unpaired) electrons. The highest BCUT2D eigenvalue weighted by Crippen LogP contribution is 2.12. The Hall–Kier alpha value is -0.760. The van der Waals surface area contributed by atoms with Gasteiger partial charge in [0.15, 0.2) is 0 Å². The molecule has 0 spiro atoms. The van der Waals surface area contributed by atoms with Gasteiger partial charge in [-0.25, -0.2) is 0 Å². The summed E-state index contributed by atoms with van der Waals surface area (Å²) < 4.78 is 5.33. The summed E-state index contributed by atoms with van der Waals surface area (Å²) in [6, 6.07) is 2.04. The second-order valence-electron chi connectivity index (χ2n) is 3.56. The van der Waals surface area contributed by atoms with E-state index < -0.39 is 0 Å². The molecule has 2 nitrogen and oxygen atoms in total. The molecule has 1 aromatic rings. The van der Waals surface area contributed by atoms with Crippen LogP contribution in [-0.2, 0) is 13.0 Å². The van der Waals surface area contributed by atoms with Gasteiger partial charge in [0.2, 0.25) is 0 Å². The van der Waals surface area contributed by atoms with Gasteiger partial charge < -0.3 is 10.2 Å². The van der Waals surface area contributed by atoms with Crippen LogP contribution in [0.5, 0.6) is 0 Å². The molecule has 2 N–H and O–H groups in total. The molecule has 1 aromatic heterocycles. The molecular formula is C10H17NO. The van der Waals surface area contributed by atoms with Gasteiger partial charge in [0.25, 0.3) is 0 Å². The highest BCUT2D eigenvalue weighted by atomic mass is 16.3. The molecule has 1 heterocycles. The van der Waals surface area contributed by atoms with Crippen LogP contribution in [0.2, 0.25) is 0 Å². The largest absolute Gasteiger partial charge is 0.469 e. The van der Waals surface area contributed by atoms with Gasteiger partial charge >= 0.3 is 0 Å². The molecule has 0 aliphatic rings. The quantitative estimate of drug-likeness (QED) is 0.747.